The van der Waals surface area contributed by atoms with E-state index in [-0.39, 0.29) is 0 Å². The highest BCUT2D eigenvalue weighted by molar-refractivity contribution is 5.01. The molecule has 1 aromatic heterocycles. The number of aromatic nitrogens is 1. The standard InChI is InChI=1S/C17H27N3O/c1-14-11-20(12-15(2)21-14)17-6-9-19(10-7-17)13-16-5-3-4-8-18-16/h3-5,8,14-15,17H,6-7,9-13H2,1-2H3/p+2/t14-,15-/m0/s1. The summed E-state index contributed by atoms with van der Waals surface area (Å²) in [6.07, 6.45) is 5.43. The first-order chi connectivity index (χ1) is 10.2. The largest absolute Gasteiger partial charge is 0.364 e. The van der Waals surface area contributed by atoms with Gasteiger partial charge in [0.05, 0.1) is 24.8 Å². The molecule has 2 N–H and O–H groups in total. The van der Waals surface area contributed by atoms with Crippen LogP contribution in [0.2, 0.25) is 0 Å². The van der Waals surface area contributed by atoms with Gasteiger partial charge in [-0.15, -0.1) is 0 Å². The first-order valence-electron chi connectivity index (χ1n) is 8.44. The van der Waals surface area contributed by atoms with Gasteiger partial charge in [-0.05, 0) is 26.0 Å². The predicted molar refractivity (Wildman–Crippen MR) is 82.4 cm³/mol. The van der Waals surface area contributed by atoms with Crippen LogP contribution >= 0.6 is 0 Å². The van der Waals surface area contributed by atoms with E-state index < -0.39 is 0 Å². The number of rotatable bonds is 3. The Morgan fingerprint density at radius 1 is 1.14 bits per heavy atom. The van der Waals surface area contributed by atoms with Crippen molar-refractivity contribution in [2.75, 3.05) is 26.2 Å². The Labute approximate surface area is 128 Å². The minimum Gasteiger partial charge on any atom is -0.364 e. The van der Waals surface area contributed by atoms with Crippen molar-refractivity contribution in [3.8, 4) is 0 Å². The van der Waals surface area contributed by atoms with Gasteiger partial charge < -0.3 is 14.5 Å². The van der Waals surface area contributed by atoms with E-state index in [1.807, 2.05) is 12.3 Å². The summed E-state index contributed by atoms with van der Waals surface area (Å²) in [4.78, 5) is 7.93. The highest BCUT2D eigenvalue weighted by Crippen LogP contribution is 2.03. The third-order valence-corrected chi connectivity index (χ3v) is 4.99. The van der Waals surface area contributed by atoms with Crippen LogP contribution in [0.15, 0.2) is 24.4 Å². The summed E-state index contributed by atoms with van der Waals surface area (Å²) < 4.78 is 5.87. The molecule has 2 aliphatic rings. The van der Waals surface area contributed by atoms with Crippen molar-refractivity contribution in [2.24, 2.45) is 0 Å². The molecule has 3 heterocycles. The lowest BCUT2D eigenvalue weighted by atomic mass is 10.0. The van der Waals surface area contributed by atoms with Crippen LogP contribution in [0.5, 0.6) is 0 Å². The van der Waals surface area contributed by atoms with Crippen LogP contribution in [0.3, 0.4) is 0 Å². The maximum absolute atomic E-state index is 5.87. The fourth-order valence-electron chi connectivity index (χ4n) is 4.02. The molecule has 0 aliphatic carbocycles. The molecule has 4 nitrogen and oxygen atoms in total. The van der Waals surface area contributed by atoms with Crippen molar-refractivity contribution in [3.63, 3.8) is 0 Å². The lowest BCUT2D eigenvalue weighted by molar-refractivity contribution is -0.970. The van der Waals surface area contributed by atoms with E-state index in [2.05, 4.69) is 31.0 Å². The van der Waals surface area contributed by atoms with E-state index in [1.165, 1.54) is 44.7 Å². The fourth-order valence-corrected chi connectivity index (χ4v) is 4.02. The monoisotopic (exact) mass is 291 g/mol. The van der Waals surface area contributed by atoms with Crippen molar-refractivity contribution in [2.45, 2.75) is 51.5 Å². The molecule has 116 valence electrons. The Morgan fingerprint density at radius 3 is 2.48 bits per heavy atom. The molecule has 2 fully saturated rings. The molecule has 21 heavy (non-hydrogen) atoms. The Morgan fingerprint density at radius 2 is 1.86 bits per heavy atom. The van der Waals surface area contributed by atoms with Gasteiger partial charge in [-0.3, -0.25) is 4.98 Å². The quantitative estimate of drug-likeness (QED) is 0.773. The number of hydrogen-bond donors (Lipinski definition) is 2. The summed E-state index contributed by atoms with van der Waals surface area (Å²) in [7, 11) is 0. The van der Waals surface area contributed by atoms with Crippen molar-refractivity contribution in [1.29, 1.82) is 0 Å². The zero-order chi connectivity index (χ0) is 14.7. The maximum Gasteiger partial charge on any atom is 0.120 e. The molecule has 0 unspecified atom stereocenters. The summed E-state index contributed by atoms with van der Waals surface area (Å²) in [5.41, 5.74) is 1.23. The molecule has 0 amide bonds. The number of likely N-dealkylation sites (tertiary alicyclic amines) is 1. The Bertz CT molecular complexity index is 421. The second-order valence-corrected chi connectivity index (χ2v) is 6.85. The molecule has 0 aromatic carbocycles. The van der Waals surface area contributed by atoms with E-state index in [1.54, 1.807) is 9.80 Å². The van der Waals surface area contributed by atoms with Gasteiger partial charge in [-0.1, -0.05) is 6.07 Å². The molecular formula is C17H29N3O+2. The summed E-state index contributed by atoms with van der Waals surface area (Å²) in [6, 6.07) is 7.08. The predicted octanol–water partition coefficient (Wildman–Crippen LogP) is -0.679. The summed E-state index contributed by atoms with van der Waals surface area (Å²) in [5, 5.41) is 0. The van der Waals surface area contributed by atoms with Gasteiger partial charge in [0.1, 0.15) is 31.8 Å². The van der Waals surface area contributed by atoms with Crippen LogP contribution in [-0.2, 0) is 11.3 Å². The van der Waals surface area contributed by atoms with E-state index in [9.17, 15) is 0 Å². The number of nitrogens with zero attached hydrogens (tertiary/aromatic N) is 1. The van der Waals surface area contributed by atoms with Gasteiger partial charge in [0.2, 0.25) is 0 Å². The Balaban J connectivity index is 1.48. The van der Waals surface area contributed by atoms with Crippen LogP contribution < -0.4 is 9.80 Å². The molecule has 0 spiro atoms. The molecular weight excluding hydrogens is 262 g/mol. The van der Waals surface area contributed by atoms with Gasteiger partial charge in [-0.2, -0.15) is 0 Å². The number of pyridine rings is 1. The second kappa shape index (κ2) is 6.86. The van der Waals surface area contributed by atoms with Crippen molar-refractivity contribution in [1.82, 2.24) is 4.98 Å². The number of hydrogen-bond acceptors (Lipinski definition) is 2. The highest BCUT2D eigenvalue weighted by Gasteiger charge is 2.35. The fraction of sp³-hybridized carbons (Fsp3) is 0.706. The molecule has 0 bridgehead atoms. The third-order valence-electron chi connectivity index (χ3n) is 4.99. The van der Waals surface area contributed by atoms with Crippen LogP contribution in [0.4, 0.5) is 0 Å². The second-order valence-electron chi connectivity index (χ2n) is 6.85. The van der Waals surface area contributed by atoms with Gasteiger partial charge in [0.25, 0.3) is 0 Å². The SMILES string of the molecule is C[C@H]1C[NH+](C2CC[NH+](Cc3ccccn3)CC2)C[C@H](C)O1. The normalized spacial score (nSPS) is 37.3. The molecule has 2 saturated heterocycles. The Kier molecular flexibility index (Phi) is 4.88. The summed E-state index contributed by atoms with van der Waals surface area (Å²) in [5.74, 6) is 0. The van der Waals surface area contributed by atoms with Gasteiger partial charge in [0, 0.05) is 19.0 Å². The minimum absolute atomic E-state index is 0.419. The molecule has 0 saturated carbocycles. The molecule has 0 radical (unpaired) electrons. The van der Waals surface area contributed by atoms with Gasteiger partial charge >= 0.3 is 0 Å². The smallest absolute Gasteiger partial charge is 0.120 e. The topological polar surface area (TPSA) is 31.0 Å². The van der Waals surface area contributed by atoms with Gasteiger partial charge in [-0.25, -0.2) is 0 Å². The van der Waals surface area contributed by atoms with Crippen molar-refractivity contribution >= 4 is 0 Å². The van der Waals surface area contributed by atoms with E-state index in [4.69, 9.17) is 4.74 Å². The summed E-state index contributed by atoms with van der Waals surface area (Å²) >= 11 is 0. The number of nitrogens with one attached hydrogen (secondary N) is 2. The molecule has 1 aromatic rings. The van der Waals surface area contributed by atoms with E-state index >= 15 is 0 Å². The Hall–Kier alpha value is -0.970. The lowest BCUT2D eigenvalue weighted by Crippen LogP contribution is -3.22. The first-order valence-corrected chi connectivity index (χ1v) is 8.44. The van der Waals surface area contributed by atoms with E-state index in [0.29, 0.717) is 12.2 Å². The molecule has 2 atom stereocenters. The van der Waals surface area contributed by atoms with Crippen LogP contribution in [0.25, 0.3) is 0 Å². The molecule has 4 heteroatoms. The van der Waals surface area contributed by atoms with Crippen LogP contribution in [0, 0.1) is 0 Å². The molecule has 2 aliphatic heterocycles. The number of quaternary nitrogens is 2. The van der Waals surface area contributed by atoms with Crippen LogP contribution in [0.1, 0.15) is 32.4 Å². The van der Waals surface area contributed by atoms with Gasteiger partial charge in [0.15, 0.2) is 0 Å². The van der Waals surface area contributed by atoms with Crippen molar-refractivity contribution < 1.29 is 14.5 Å². The average Bonchev–Trinajstić information content (AvgIpc) is 2.48. The minimum atomic E-state index is 0.419. The third kappa shape index (κ3) is 4.02. The number of morpholine rings is 1. The van der Waals surface area contributed by atoms with Crippen molar-refractivity contribution in [3.05, 3.63) is 30.1 Å². The molecule has 3 rings (SSSR count). The number of piperidine rings is 1. The van der Waals surface area contributed by atoms with E-state index in [0.717, 1.165) is 12.6 Å². The zero-order valence-electron chi connectivity index (χ0n) is 13.3. The maximum atomic E-state index is 5.87. The van der Waals surface area contributed by atoms with Crippen LogP contribution in [-0.4, -0.2) is 49.4 Å². The number of ether oxygens (including phenoxy) is 1. The first kappa shape index (κ1) is 14.9. The average molecular weight is 291 g/mol. The lowest BCUT2D eigenvalue weighted by Gasteiger charge is -2.39. The highest BCUT2D eigenvalue weighted by atomic mass is 16.5. The summed E-state index contributed by atoms with van der Waals surface area (Å²) in [6.45, 7) is 10.5. The zero-order valence-corrected chi connectivity index (χ0v) is 13.3.